The second-order valence-corrected chi connectivity index (χ2v) is 8.44. The number of amides is 1. The van der Waals surface area contributed by atoms with Gasteiger partial charge in [0.05, 0.1) is 23.5 Å². The smallest absolute Gasteiger partial charge is 0.270 e. The summed E-state index contributed by atoms with van der Waals surface area (Å²) in [7, 11) is 0. The van der Waals surface area contributed by atoms with Crippen LogP contribution in [0.1, 0.15) is 42.0 Å². The summed E-state index contributed by atoms with van der Waals surface area (Å²) in [6.07, 6.45) is 4.79. The minimum Gasteiger partial charge on any atom is -0.492 e. The van der Waals surface area contributed by atoms with Crippen molar-refractivity contribution < 1.29 is 9.53 Å². The Hall–Kier alpha value is -3.78. The average molecular weight is 475 g/mol. The number of ether oxygens (including phenoxy) is 1. The molecule has 34 heavy (non-hydrogen) atoms. The summed E-state index contributed by atoms with van der Waals surface area (Å²) in [4.78, 5) is 21.1. The van der Waals surface area contributed by atoms with E-state index in [0.717, 1.165) is 24.4 Å². The quantitative estimate of drug-likeness (QED) is 0.425. The number of carbonyl (C=O) groups is 1. The van der Waals surface area contributed by atoms with Gasteiger partial charge in [0, 0.05) is 18.2 Å². The molecular formula is C25H23ClN6O2. The Bertz CT molecular complexity index is 1290. The van der Waals surface area contributed by atoms with Crippen LogP contribution in [-0.2, 0) is 0 Å². The average Bonchev–Trinajstić information content (AvgIpc) is 3.26. The van der Waals surface area contributed by atoms with Crippen LogP contribution in [0.3, 0.4) is 0 Å². The number of aromatic nitrogens is 5. The fourth-order valence-electron chi connectivity index (χ4n) is 4.06. The topological polar surface area (TPSA) is 94.8 Å². The first-order chi connectivity index (χ1) is 16.6. The van der Waals surface area contributed by atoms with Crippen molar-refractivity contribution in [3.8, 4) is 23.0 Å². The Balaban J connectivity index is 1.41. The third kappa shape index (κ3) is 4.36. The second-order valence-electron chi connectivity index (χ2n) is 8.03. The van der Waals surface area contributed by atoms with Crippen LogP contribution >= 0.6 is 11.6 Å². The Morgan fingerprint density at radius 1 is 1.09 bits per heavy atom. The van der Waals surface area contributed by atoms with Crippen LogP contribution in [0.15, 0.2) is 67.0 Å². The third-order valence-corrected chi connectivity index (χ3v) is 6.11. The van der Waals surface area contributed by atoms with Crippen LogP contribution in [0.2, 0.25) is 5.02 Å². The van der Waals surface area contributed by atoms with E-state index in [-0.39, 0.29) is 17.9 Å². The number of hydrogen-bond acceptors (Lipinski definition) is 6. The van der Waals surface area contributed by atoms with Crippen molar-refractivity contribution >= 4 is 17.5 Å². The molecule has 1 fully saturated rings. The molecule has 172 valence electrons. The Morgan fingerprint density at radius 3 is 2.62 bits per heavy atom. The van der Waals surface area contributed by atoms with Gasteiger partial charge in [-0.2, -0.15) is 0 Å². The van der Waals surface area contributed by atoms with Crippen molar-refractivity contribution in [1.29, 1.82) is 0 Å². The first-order valence-corrected chi connectivity index (χ1v) is 11.5. The van der Waals surface area contributed by atoms with E-state index < -0.39 is 0 Å². The monoisotopic (exact) mass is 474 g/mol. The van der Waals surface area contributed by atoms with Crippen molar-refractivity contribution in [2.45, 2.75) is 31.7 Å². The van der Waals surface area contributed by atoms with E-state index in [1.807, 2.05) is 47.9 Å². The molecule has 0 radical (unpaired) electrons. The lowest BCUT2D eigenvalue weighted by Crippen LogP contribution is -2.44. The number of rotatable bonds is 7. The maximum Gasteiger partial charge on any atom is 0.270 e. The molecule has 3 aromatic heterocycles. The summed E-state index contributed by atoms with van der Waals surface area (Å²) in [6.45, 7) is 2.50. The van der Waals surface area contributed by atoms with E-state index >= 15 is 0 Å². The highest BCUT2D eigenvalue weighted by atomic mass is 35.5. The van der Waals surface area contributed by atoms with Gasteiger partial charge in [0.1, 0.15) is 23.0 Å². The van der Waals surface area contributed by atoms with Gasteiger partial charge in [-0.15, -0.1) is 10.2 Å². The summed E-state index contributed by atoms with van der Waals surface area (Å²) in [5.41, 5.74) is 1.87. The molecule has 1 aliphatic rings. The van der Waals surface area contributed by atoms with Crippen molar-refractivity contribution in [1.82, 2.24) is 30.0 Å². The van der Waals surface area contributed by atoms with E-state index in [0.29, 0.717) is 34.6 Å². The van der Waals surface area contributed by atoms with Gasteiger partial charge < -0.3 is 10.1 Å². The van der Waals surface area contributed by atoms with E-state index in [1.54, 1.807) is 30.6 Å². The molecule has 0 unspecified atom stereocenters. The number of carbonyl (C=O) groups excluding carboxylic acids is 1. The number of pyridine rings is 2. The Labute approximate surface area is 202 Å². The van der Waals surface area contributed by atoms with Crippen molar-refractivity contribution in [2.24, 2.45) is 0 Å². The molecule has 1 aliphatic carbocycles. The van der Waals surface area contributed by atoms with Crippen LogP contribution in [0.4, 0.5) is 0 Å². The number of nitrogens with zero attached hydrogens (tertiary/aromatic N) is 5. The Kier molecular flexibility index (Phi) is 6.22. The second kappa shape index (κ2) is 9.61. The minimum absolute atomic E-state index is 0.0444. The molecule has 9 heteroatoms. The molecule has 0 aliphatic heterocycles. The van der Waals surface area contributed by atoms with Gasteiger partial charge in [0.2, 0.25) is 0 Å². The summed E-state index contributed by atoms with van der Waals surface area (Å²) in [5, 5.41) is 12.6. The lowest BCUT2D eigenvalue weighted by Gasteiger charge is -2.35. The fourth-order valence-corrected chi connectivity index (χ4v) is 4.28. The van der Waals surface area contributed by atoms with Gasteiger partial charge in [-0.1, -0.05) is 29.8 Å². The molecule has 1 amide bonds. The van der Waals surface area contributed by atoms with E-state index in [2.05, 4.69) is 25.5 Å². The number of nitrogens with one attached hydrogen (secondary N) is 1. The fraction of sp³-hybridized carbons (Fsp3) is 0.240. The third-order valence-electron chi connectivity index (χ3n) is 5.79. The number of para-hydroxylation sites is 1. The predicted octanol–water partition coefficient (Wildman–Crippen LogP) is 4.45. The van der Waals surface area contributed by atoms with Gasteiger partial charge in [0.25, 0.3) is 5.91 Å². The predicted molar refractivity (Wildman–Crippen MR) is 128 cm³/mol. The summed E-state index contributed by atoms with van der Waals surface area (Å²) in [6, 6.07) is 16.7. The summed E-state index contributed by atoms with van der Waals surface area (Å²) in [5.74, 6) is 2.04. The molecule has 4 aromatic rings. The zero-order valence-corrected chi connectivity index (χ0v) is 19.3. The number of benzene rings is 1. The van der Waals surface area contributed by atoms with Crippen LogP contribution in [0.25, 0.3) is 17.2 Å². The highest BCUT2D eigenvalue weighted by molar-refractivity contribution is 6.32. The number of hydrogen-bond donors (Lipinski definition) is 1. The molecule has 1 aromatic carbocycles. The first kappa shape index (κ1) is 22.0. The minimum atomic E-state index is -0.170. The maximum absolute atomic E-state index is 12.4. The van der Waals surface area contributed by atoms with E-state index in [4.69, 9.17) is 16.3 Å². The van der Waals surface area contributed by atoms with Crippen molar-refractivity contribution in [2.75, 3.05) is 6.61 Å². The first-order valence-electron chi connectivity index (χ1n) is 11.2. The normalized spacial score (nSPS) is 17.1. The van der Waals surface area contributed by atoms with Gasteiger partial charge in [-0.3, -0.25) is 14.3 Å². The highest BCUT2D eigenvalue weighted by Gasteiger charge is 2.36. The number of halogens is 1. The van der Waals surface area contributed by atoms with Crippen molar-refractivity contribution in [3.05, 3.63) is 83.5 Å². The van der Waals surface area contributed by atoms with Gasteiger partial charge >= 0.3 is 0 Å². The molecule has 0 bridgehead atoms. The summed E-state index contributed by atoms with van der Waals surface area (Å²) < 4.78 is 7.48. The van der Waals surface area contributed by atoms with Crippen LogP contribution < -0.4 is 10.1 Å². The lowest BCUT2D eigenvalue weighted by molar-refractivity contribution is 0.0902. The lowest BCUT2D eigenvalue weighted by atomic mass is 9.79. The maximum atomic E-state index is 12.4. The molecule has 0 spiro atoms. The van der Waals surface area contributed by atoms with E-state index in [1.165, 1.54) is 0 Å². The molecule has 1 N–H and O–H groups in total. The highest BCUT2D eigenvalue weighted by Crippen LogP contribution is 2.39. The SMILES string of the molecule is CCOc1ccc(-c2nnc(C3CC(NC(=O)c4ccccn4)C3)n2-c2ccccc2Cl)nc1. The molecular weight excluding hydrogens is 452 g/mol. The molecule has 3 heterocycles. The standard InChI is InChI=1S/C25H23ClN6O2/c1-2-34-18-10-11-20(28-15-18)24-31-30-23(32(24)22-9-4-3-7-19(22)26)16-13-17(14-16)29-25(33)21-8-5-6-12-27-21/h3-12,15-17H,2,13-14H2,1H3,(H,29,33). The molecule has 8 nitrogen and oxygen atoms in total. The van der Waals surface area contributed by atoms with Gasteiger partial charge in [-0.05, 0) is 56.2 Å². The zero-order chi connectivity index (χ0) is 23.5. The van der Waals surface area contributed by atoms with Crippen molar-refractivity contribution in [3.63, 3.8) is 0 Å². The Morgan fingerprint density at radius 2 is 1.91 bits per heavy atom. The largest absolute Gasteiger partial charge is 0.492 e. The van der Waals surface area contributed by atoms with Crippen LogP contribution in [-0.4, -0.2) is 43.3 Å². The van der Waals surface area contributed by atoms with Gasteiger partial charge in [-0.25, -0.2) is 4.98 Å². The summed E-state index contributed by atoms with van der Waals surface area (Å²) >= 11 is 6.56. The van der Waals surface area contributed by atoms with Crippen LogP contribution in [0, 0.1) is 0 Å². The van der Waals surface area contributed by atoms with Crippen LogP contribution in [0.5, 0.6) is 5.75 Å². The molecule has 1 saturated carbocycles. The zero-order valence-electron chi connectivity index (χ0n) is 18.6. The molecule has 0 atom stereocenters. The molecule has 0 saturated heterocycles. The van der Waals surface area contributed by atoms with E-state index in [9.17, 15) is 4.79 Å². The molecule has 5 rings (SSSR count). The van der Waals surface area contributed by atoms with Gasteiger partial charge in [0.15, 0.2) is 5.82 Å².